The maximum atomic E-state index is 11.6. The second-order valence-electron chi connectivity index (χ2n) is 3.25. The average Bonchev–Trinajstić information content (AvgIpc) is 2.31. The van der Waals surface area contributed by atoms with Gasteiger partial charge in [-0.3, -0.25) is 9.89 Å². The van der Waals surface area contributed by atoms with E-state index in [0.717, 1.165) is 13.0 Å². The van der Waals surface area contributed by atoms with Gasteiger partial charge in [0.05, 0.1) is 6.34 Å². The monoisotopic (exact) mass is 204 g/mol. The summed E-state index contributed by atoms with van der Waals surface area (Å²) >= 11 is 0. The Labute approximate surface area is 88.2 Å². The van der Waals surface area contributed by atoms with Crippen molar-refractivity contribution < 1.29 is 9.53 Å². The number of hydrogen-bond donors (Lipinski definition) is 0. The summed E-state index contributed by atoms with van der Waals surface area (Å²) in [6.07, 6.45) is 2.06. The standard InChI is InChI=1S/C11H12N2O2/c14-11(13-8-4-7-12-9-13)15-10-5-2-1-3-6-10/h1-3,5-6,9H,4,7-8H2. The van der Waals surface area contributed by atoms with Gasteiger partial charge in [0.25, 0.3) is 0 Å². The molecule has 0 N–H and O–H groups in total. The van der Waals surface area contributed by atoms with Crippen molar-refractivity contribution in [2.45, 2.75) is 6.42 Å². The Morgan fingerprint density at radius 3 is 2.80 bits per heavy atom. The molecule has 1 heterocycles. The lowest BCUT2D eigenvalue weighted by Crippen LogP contribution is -2.35. The highest BCUT2D eigenvalue weighted by Crippen LogP contribution is 2.10. The van der Waals surface area contributed by atoms with Crippen molar-refractivity contribution in [3.8, 4) is 5.75 Å². The Morgan fingerprint density at radius 1 is 1.33 bits per heavy atom. The fourth-order valence-electron chi connectivity index (χ4n) is 1.33. The fraction of sp³-hybridized carbons (Fsp3) is 0.273. The third-order valence-electron chi connectivity index (χ3n) is 2.09. The molecule has 78 valence electrons. The van der Waals surface area contributed by atoms with Gasteiger partial charge in [-0.2, -0.15) is 0 Å². The van der Waals surface area contributed by atoms with Crippen molar-refractivity contribution in [2.24, 2.45) is 4.99 Å². The highest BCUT2D eigenvalue weighted by molar-refractivity contribution is 5.84. The van der Waals surface area contributed by atoms with Gasteiger partial charge in [-0.05, 0) is 18.6 Å². The number of carbonyl (C=O) groups excluding carboxylic acids is 1. The summed E-state index contributed by atoms with van der Waals surface area (Å²) in [6.45, 7) is 1.46. The van der Waals surface area contributed by atoms with Crippen LogP contribution in [0.2, 0.25) is 0 Å². The number of benzene rings is 1. The molecule has 0 unspecified atom stereocenters. The number of carbonyl (C=O) groups is 1. The summed E-state index contributed by atoms with van der Waals surface area (Å²) in [5.74, 6) is 0.557. The second-order valence-corrected chi connectivity index (χ2v) is 3.25. The van der Waals surface area contributed by atoms with E-state index in [0.29, 0.717) is 12.3 Å². The van der Waals surface area contributed by atoms with Crippen LogP contribution in [0.5, 0.6) is 5.75 Å². The number of ether oxygens (including phenoxy) is 1. The fourth-order valence-corrected chi connectivity index (χ4v) is 1.33. The average molecular weight is 204 g/mol. The largest absolute Gasteiger partial charge is 0.420 e. The lowest BCUT2D eigenvalue weighted by Gasteiger charge is -2.19. The van der Waals surface area contributed by atoms with E-state index < -0.39 is 0 Å². The first-order valence-electron chi connectivity index (χ1n) is 4.90. The van der Waals surface area contributed by atoms with E-state index in [4.69, 9.17) is 4.74 Å². The van der Waals surface area contributed by atoms with Gasteiger partial charge in [-0.25, -0.2) is 4.79 Å². The number of hydrogen-bond acceptors (Lipinski definition) is 3. The topological polar surface area (TPSA) is 41.9 Å². The molecule has 0 atom stereocenters. The molecule has 15 heavy (non-hydrogen) atoms. The predicted octanol–water partition coefficient (Wildman–Crippen LogP) is 1.92. The predicted molar refractivity (Wildman–Crippen MR) is 57.1 cm³/mol. The SMILES string of the molecule is O=C(Oc1ccccc1)N1C=NCCC1. The van der Waals surface area contributed by atoms with Gasteiger partial charge >= 0.3 is 6.09 Å². The second kappa shape index (κ2) is 4.59. The highest BCUT2D eigenvalue weighted by atomic mass is 16.6. The van der Waals surface area contributed by atoms with Crippen LogP contribution in [0.15, 0.2) is 35.3 Å². The van der Waals surface area contributed by atoms with Crippen molar-refractivity contribution in [2.75, 3.05) is 13.1 Å². The molecule has 1 aliphatic heterocycles. The zero-order valence-corrected chi connectivity index (χ0v) is 8.30. The van der Waals surface area contributed by atoms with Crippen LogP contribution in [0, 0.1) is 0 Å². The van der Waals surface area contributed by atoms with E-state index in [1.165, 1.54) is 11.2 Å². The van der Waals surface area contributed by atoms with Gasteiger partial charge in [0.15, 0.2) is 0 Å². The molecule has 0 aromatic heterocycles. The van der Waals surface area contributed by atoms with E-state index in [2.05, 4.69) is 4.99 Å². The third kappa shape index (κ3) is 2.56. The summed E-state index contributed by atoms with van der Waals surface area (Å²) in [7, 11) is 0. The van der Waals surface area contributed by atoms with Crippen molar-refractivity contribution >= 4 is 12.4 Å². The lowest BCUT2D eigenvalue weighted by molar-refractivity contribution is 0.176. The molecule has 4 nitrogen and oxygen atoms in total. The van der Waals surface area contributed by atoms with E-state index >= 15 is 0 Å². The highest BCUT2D eigenvalue weighted by Gasteiger charge is 2.15. The Bertz CT molecular complexity index is 362. The number of aliphatic imine (C=N–C) groups is 1. The normalized spacial score (nSPS) is 15.1. The summed E-state index contributed by atoms with van der Waals surface area (Å²) in [4.78, 5) is 17.1. The molecule has 4 heteroatoms. The number of amides is 1. The molecule has 1 aromatic carbocycles. The van der Waals surface area contributed by atoms with Gasteiger partial charge in [0.1, 0.15) is 5.75 Å². The zero-order valence-electron chi connectivity index (χ0n) is 8.30. The van der Waals surface area contributed by atoms with Crippen LogP contribution in [0.4, 0.5) is 4.79 Å². The van der Waals surface area contributed by atoms with Gasteiger partial charge in [-0.1, -0.05) is 18.2 Å². The van der Waals surface area contributed by atoms with E-state index in [9.17, 15) is 4.79 Å². The van der Waals surface area contributed by atoms with Crippen LogP contribution < -0.4 is 4.74 Å². The van der Waals surface area contributed by atoms with Crippen LogP contribution in [-0.4, -0.2) is 30.4 Å². The Morgan fingerprint density at radius 2 is 2.13 bits per heavy atom. The molecular formula is C11H12N2O2. The van der Waals surface area contributed by atoms with Gasteiger partial charge in [-0.15, -0.1) is 0 Å². The maximum Gasteiger partial charge on any atom is 0.420 e. The van der Waals surface area contributed by atoms with Gasteiger partial charge < -0.3 is 4.74 Å². The van der Waals surface area contributed by atoms with Gasteiger partial charge in [0.2, 0.25) is 0 Å². The van der Waals surface area contributed by atoms with E-state index in [1.807, 2.05) is 18.2 Å². The van der Waals surface area contributed by atoms with Crippen molar-refractivity contribution in [3.63, 3.8) is 0 Å². The third-order valence-corrected chi connectivity index (χ3v) is 2.09. The van der Waals surface area contributed by atoms with Crippen LogP contribution in [0.3, 0.4) is 0 Å². The number of rotatable bonds is 1. The first kappa shape index (κ1) is 9.71. The smallest absolute Gasteiger partial charge is 0.410 e. The summed E-state index contributed by atoms with van der Waals surface area (Å²) < 4.78 is 5.15. The molecular weight excluding hydrogens is 192 g/mol. The molecule has 2 rings (SSSR count). The molecule has 0 saturated carbocycles. The summed E-state index contributed by atoms with van der Waals surface area (Å²) in [5.41, 5.74) is 0. The van der Waals surface area contributed by atoms with E-state index in [-0.39, 0.29) is 6.09 Å². The molecule has 1 aliphatic rings. The quantitative estimate of drug-likeness (QED) is 0.701. The molecule has 0 radical (unpaired) electrons. The first-order chi connectivity index (χ1) is 7.36. The minimum atomic E-state index is -0.371. The molecule has 1 amide bonds. The maximum absolute atomic E-state index is 11.6. The Balaban J connectivity index is 1.97. The number of nitrogens with zero attached hydrogens (tertiary/aromatic N) is 2. The summed E-state index contributed by atoms with van der Waals surface area (Å²) in [6, 6.07) is 9.03. The zero-order chi connectivity index (χ0) is 10.5. The minimum absolute atomic E-state index is 0.371. The molecule has 0 aliphatic carbocycles. The molecule has 0 bridgehead atoms. The molecule has 0 spiro atoms. The first-order valence-corrected chi connectivity index (χ1v) is 4.90. The van der Waals surface area contributed by atoms with Crippen LogP contribution in [0.25, 0.3) is 0 Å². The Hall–Kier alpha value is -1.84. The van der Waals surface area contributed by atoms with Crippen LogP contribution in [0.1, 0.15) is 6.42 Å². The lowest BCUT2D eigenvalue weighted by atomic mass is 10.3. The van der Waals surface area contributed by atoms with Crippen molar-refractivity contribution in [1.29, 1.82) is 0 Å². The summed E-state index contributed by atoms with van der Waals surface area (Å²) in [5, 5.41) is 0. The van der Waals surface area contributed by atoms with Crippen LogP contribution >= 0.6 is 0 Å². The van der Waals surface area contributed by atoms with Crippen LogP contribution in [-0.2, 0) is 0 Å². The van der Waals surface area contributed by atoms with E-state index in [1.54, 1.807) is 12.1 Å². The molecule has 1 aromatic rings. The minimum Gasteiger partial charge on any atom is -0.410 e. The van der Waals surface area contributed by atoms with Crippen molar-refractivity contribution in [1.82, 2.24) is 4.90 Å². The Kier molecular flexibility index (Phi) is 2.97. The molecule has 0 saturated heterocycles. The number of para-hydroxylation sites is 1. The van der Waals surface area contributed by atoms with Gasteiger partial charge in [0, 0.05) is 13.1 Å². The molecule has 0 fully saturated rings. The van der Waals surface area contributed by atoms with Crippen molar-refractivity contribution in [3.05, 3.63) is 30.3 Å².